The Morgan fingerprint density at radius 1 is 0.923 bits per heavy atom. The summed E-state index contributed by atoms with van der Waals surface area (Å²) in [5.41, 5.74) is 1.50. The maximum absolute atomic E-state index is 13.2. The third-order valence-corrected chi connectivity index (χ3v) is 3.86. The van der Waals surface area contributed by atoms with Gasteiger partial charge in [-0.2, -0.15) is 0 Å². The fraction of sp³-hybridized carbons (Fsp3) is 0.0500. The van der Waals surface area contributed by atoms with Gasteiger partial charge in [-0.1, -0.05) is 36.4 Å². The maximum Gasteiger partial charge on any atom is 0.310 e. The van der Waals surface area contributed by atoms with E-state index in [0.29, 0.717) is 16.9 Å². The van der Waals surface area contributed by atoms with E-state index < -0.39 is 4.92 Å². The summed E-state index contributed by atoms with van der Waals surface area (Å²) in [6, 6.07) is 22.5. The van der Waals surface area contributed by atoms with E-state index in [2.05, 4.69) is 0 Å². The van der Waals surface area contributed by atoms with Gasteiger partial charge in [-0.3, -0.25) is 19.8 Å². The van der Waals surface area contributed by atoms with Crippen LogP contribution in [0.4, 0.5) is 17.1 Å². The number of carbonyl (C=O) groups excluding carboxylic acids is 1. The predicted molar refractivity (Wildman–Crippen MR) is 99.0 cm³/mol. The van der Waals surface area contributed by atoms with Gasteiger partial charge in [-0.15, -0.1) is 0 Å². The number of methoxy groups -OCH3 is 1. The lowest BCUT2D eigenvalue weighted by Crippen LogP contribution is -2.25. The molecule has 6 nitrogen and oxygen atoms in total. The lowest BCUT2D eigenvalue weighted by atomic mass is 10.1. The Morgan fingerprint density at radius 2 is 1.46 bits per heavy atom. The molecule has 1 amide bonds. The number of hydrogen-bond donors (Lipinski definition) is 0. The van der Waals surface area contributed by atoms with Crippen LogP contribution in [0.5, 0.6) is 5.75 Å². The lowest BCUT2D eigenvalue weighted by Gasteiger charge is -2.23. The zero-order chi connectivity index (χ0) is 18.5. The number of hydrogen-bond acceptors (Lipinski definition) is 4. The molecule has 26 heavy (non-hydrogen) atoms. The normalized spacial score (nSPS) is 10.2. The third-order valence-electron chi connectivity index (χ3n) is 3.86. The number of nitro benzene ring substituents is 1. The van der Waals surface area contributed by atoms with Gasteiger partial charge in [0.2, 0.25) is 0 Å². The molecule has 0 unspecified atom stereocenters. The van der Waals surface area contributed by atoms with E-state index in [-0.39, 0.29) is 17.3 Å². The Bertz CT molecular complexity index is 888. The lowest BCUT2D eigenvalue weighted by molar-refractivity contribution is -0.385. The van der Waals surface area contributed by atoms with Gasteiger partial charge in [0.1, 0.15) is 0 Å². The highest BCUT2D eigenvalue weighted by Crippen LogP contribution is 2.31. The van der Waals surface area contributed by atoms with Gasteiger partial charge in [-0.25, -0.2) is 0 Å². The second-order valence-electron chi connectivity index (χ2n) is 5.46. The number of amides is 1. The highest BCUT2D eigenvalue weighted by molar-refractivity contribution is 6.11. The van der Waals surface area contributed by atoms with Crippen LogP contribution >= 0.6 is 0 Å². The number of nitro groups is 1. The minimum Gasteiger partial charge on any atom is -0.490 e. The molecule has 0 N–H and O–H groups in total. The summed E-state index contributed by atoms with van der Waals surface area (Å²) in [4.78, 5) is 25.3. The van der Waals surface area contributed by atoms with Crippen LogP contribution in [-0.2, 0) is 0 Å². The molecule has 0 aliphatic heterocycles. The van der Waals surface area contributed by atoms with E-state index in [1.54, 1.807) is 4.90 Å². The summed E-state index contributed by atoms with van der Waals surface area (Å²) in [5, 5.41) is 11.1. The van der Waals surface area contributed by atoms with Crippen molar-refractivity contribution in [2.75, 3.05) is 12.0 Å². The average molecular weight is 348 g/mol. The van der Waals surface area contributed by atoms with Crippen molar-refractivity contribution in [3.63, 3.8) is 0 Å². The highest BCUT2D eigenvalue weighted by atomic mass is 16.6. The first-order valence-corrected chi connectivity index (χ1v) is 7.89. The fourth-order valence-corrected chi connectivity index (χ4v) is 2.63. The maximum atomic E-state index is 13.2. The van der Waals surface area contributed by atoms with E-state index in [1.165, 1.54) is 25.3 Å². The number of nitrogens with zero attached hydrogens (tertiary/aromatic N) is 2. The molecule has 3 rings (SSSR count). The van der Waals surface area contributed by atoms with Gasteiger partial charge in [0, 0.05) is 29.1 Å². The largest absolute Gasteiger partial charge is 0.490 e. The topological polar surface area (TPSA) is 72.7 Å². The molecule has 0 aromatic heterocycles. The monoisotopic (exact) mass is 348 g/mol. The van der Waals surface area contributed by atoms with Crippen molar-refractivity contribution in [3.05, 3.63) is 94.5 Å². The zero-order valence-electron chi connectivity index (χ0n) is 14.0. The number of benzene rings is 3. The number of ether oxygens (including phenoxy) is 1. The van der Waals surface area contributed by atoms with Crippen LogP contribution in [0.1, 0.15) is 10.4 Å². The molecule has 0 radical (unpaired) electrons. The zero-order valence-corrected chi connectivity index (χ0v) is 14.0. The molecule has 0 aliphatic rings. The minimum absolute atomic E-state index is 0.0434. The predicted octanol–water partition coefficient (Wildman–Crippen LogP) is 4.58. The molecule has 6 heteroatoms. The molecule has 0 heterocycles. The first kappa shape index (κ1) is 17.2. The van der Waals surface area contributed by atoms with Crippen LogP contribution in [-0.4, -0.2) is 17.9 Å². The van der Waals surface area contributed by atoms with Gasteiger partial charge in [0.15, 0.2) is 5.75 Å². The quantitative estimate of drug-likeness (QED) is 0.500. The Kier molecular flexibility index (Phi) is 4.94. The molecule has 0 saturated carbocycles. The van der Waals surface area contributed by atoms with Gasteiger partial charge in [-0.05, 0) is 30.3 Å². The summed E-state index contributed by atoms with van der Waals surface area (Å²) < 4.78 is 5.08. The summed E-state index contributed by atoms with van der Waals surface area (Å²) in [7, 11) is 1.34. The van der Waals surface area contributed by atoms with Crippen molar-refractivity contribution in [2.24, 2.45) is 0 Å². The van der Waals surface area contributed by atoms with Gasteiger partial charge >= 0.3 is 5.69 Å². The molecule has 0 fully saturated rings. The Hall–Kier alpha value is -3.67. The molecule has 0 saturated heterocycles. The van der Waals surface area contributed by atoms with Crippen molar-refractivity contribution in [2.45, 2.75) is 0 Å². The molecular weight excluding hydrogens is 332 g/mol. The average Bonchev–Trinajstić information content (AvgIpc) is 2.69. The van der Waals surface area contributed by atoms with E-state index in [9.17, 15) is 14.9 Å². The molecule has 0 bridgehead atoms. The van der Waals surface area contributed by atoms with Gasteiger partial charge in [0.25, 0.3) is 5.91 Å². The van der Waals surface area contributed by atoms with E-state index in [1.807, 2.05) is 60.7 Å². The van der Waals surface area contributed by atoms with Crippen molar-refractivity contribution in [1.29, 1.82) is 0 Å². The number of carbonyl (C=O) groups is 1. The SMILES string of the molecule is COc1cc(C(=O)N(c2ccccc2)c2ccccc2)ccc1[N+](=O)[O-]. The first-order chi connectivity index (χ1) is 12.6. The van der Waals surface area contributed by atoms with E-state index in [4.69, 9.17) is 4.74 Å². The van der Waals surface area contributed by atoms with Crippen LogP contribution < -0.4 is 9.64 Å². The standard InChI is InChI=1S/C20H16N2O4/c1-26-19-14-15(12-13-18(19)22(24)25)20(23)21(16-8-4-2-5-9-16)17-10-6-3-7-11-17/h2-14H,1H3. The summed E-state index contributed by atoms with van der Waals surface area (Å²) >= 11 is 0. The minimum atomic E-state index is -0.542. The first-order valence-electron chi connectivity index (χ1n) is 7.89. The van der Waals surface area contributed by atoms with Gasteiger partial charge < -0.3 is 4.74 Å². The van der Waals surface area contributed by atoms with E-state index >= 15 is 0 Å². The Balaban J connectivity index is 2.08. The van der Waals surface area contributed by atoms with Crippen molar-refractivity contribution in [1.82, 2.24) is 0 Å². The smallest absolute Gasteiger partial charge is 0.310 e. The molecule has 0 spiro atoms. The van der Waals surface area contributed by atoms with Gasteiger partial charge in [0.05, 0.1) is 12.0 Å². The summed E-state index contributed by atoms with van der Waals surface area (Å²) in [5.74, 6) is -0.266. The van der Waals surface area contributed by atoms with Crippen LogP contribution in [0, 0.1) is 10.1 Å². The van der Waals surface area contributed by atoms with Crippen LogP contribution in [0.2, 0.25) is 0 Å². The second kappa shape index (κ2) is 7.48. The molecule has 130 valence electrons. The highest BCUT2D eigenvalue weighted by Gasteiger charge is 2.23. The van der Waals surface area contributed by atoms with Crippen LogP contribution in [0.15, 0.2) is 78.9 Å². The third kappa shape index (κ3) is 3.39. The second-order valence-corrected chi connectivity index (χ2v) is 5.46. The summed E-state index contributed by atoms with van der Waals surface area (Å²) in [6.07, 6.45) is 0. The van der Waals surface area contributed by atoms with Crippen LogP contribution in [0.25, 0.3) is 0 Å². The Labute approximate surface area is 150 Å². The summed E-state index contributed by atoms with van der Waals surface area (Å²) in [6.45, 7) is 0. The fourth-order valence-electron chi connectivity index (χ4n) is 2.63. The number of anilines is 2. The Morgan fingerprint density at radius 3 is 1.92 bits per heavy atom. The molecule has 3 aromatic rings. The number of para-hydroxylation sites is 2. The van der Waals surface area contributed by atoms with E-state index in [0.717, 1.165) is 0 Å². The van der Waals surface area contributed by atoms with Crippen molar-refractivity contribution in [3.8, 4) is 5.75 Å². The molecule has 0 atom stereocenters. The molecule has 0 aliphatic carbocycles. The van der Waals surface area contributed by atoms with Crippen molar-refractivity contribution < 1.29 is 14.5 Å². The molecular formula is C20H16N2O4. The molecule has 3 aromatic carbocycles. The number of rotatable bonds is 5. The van der Waals surface area contributed by atoms with Crippen LogP contribution in [0.3, 0.4) is 0 Å². The van der Waals surface area contributed by atoms with Crippen molar-refractivity contribution >= 4 is 23.0 Å².